The van der Waals surface area contributed by atoms with Gasteiger partial charge in [-0.1, -0.05) is 38.2 Å². The summed E-state index contributed by atoms with van der Waals surface area (Å²) in [7, 11) is 0. The van der Waals surface area contributed by atoms with Crippen LogP contribution in [0.5, 0.6) is 0 Å². The molecule has 2 aliphatic rings. The highest BCUT2D eigenvalue weighted by Gasteiger charge is 2.38. The number of halogens is 1. The van der Waals surface area contributed by atoms with Crippen LogP contribution in [-0.2, 0) is 20.9 Å². The van der Waals surface area contributed by atoms with Crippen molar-refractivity contribution in [2.24, 2.45) is 5.92 Å². The fourth-order valence-corrected chi connectivity index (χ4v) is 4.75. The zero-order chi connectivity index (χ0) is 23.1. The summed E-state index contributed by atoms with van der Waals surface area (Å²) in [5, 5.41) is 14.7. The molecule has 1 heterocycles. The van der Waals surface area contributed by atoms with E-state index in [1.54, 1.807) is 11.0 Å². The highest BCUT2D eigenvalue weighted by molar-refractivity contribution is 5.90. The van der Waals surface area contributed by atoms with Crippen molar-refractivity contribution in [3.63, 3.8) is 0 Å². The minimum Gasteiger partial charge on any atom is -0.480 e. The van der Waals surface area contributed by atoms with E-state index in [0.717, 1.165) is 25.7 Å². The van der Waals surface area contributed by atoms with Crippen LogP contribution in [0.25, 0.3) is 0 Å². The summed E-state index contributed by atoms with van der Waals surface area (Å²) in [5.74, 6) is -1.69. The summed E-state index contributed by atoms with van der Waals surface area (Å²) in [5.41, 5.74) is 6.19. The second-order valence-electron chi connectivity index (χ2n) is 8.83. The van der Waals surface area contributed by atoms with Crippen LogP contribution in [-0.4, -0.2) is 53.0 Å². The highest BCUT2D eigenvalue weighted by Crippen LogP contribution is 2.29. The van der Waals surface area contributed by atoms with Gasteiger partial charge in [0.15, 0.2) is 0 Å². The first kappa shape index (κ1) is 24.0. The smallest absolute Gasteiger partial charge is 0.317 e. The number of likely N-dealkylation sites (tertiary alicyclic amines) is 1. The van der Waals surface area contributed by atoms with Crippen LogP contribution in [0.4, 0.5) is 10.1 Å². The zero-order valence-electron chi connectivity index (χ0n) is 18.3. The highest BCUT2D eigenvalue weighted by atomic mass is 19.1. The van der Waals surface area contributed by atoms with Crippen molar-refractivity contribution in [3.05, 3.63) is 29.6 Å². The number of nitrogens with one attached hydrogen (secondary N) is 2. The van der Waals surface area contributed by atoms with E-state index in [1.807, 2.05) is 0 Å². The summed E-state index contributed by atoms with van der Waals surface area (Å²) >= 11 is 0. The SMILES string of the molecule is Nc1ccc(CNC(=O)[C@@H]2CCCN2C(=O)[C@@H](CC2CCCCC2)NCC(=O)O)c(F)c1. The van der Waals surface area contributed by atoms with Gasteiger partial charge in [0.05, 0.1) is 12.6 Å². The predicted molar refractivity (Wildman–Crippen MR) is 118 cm³/mol. The molecule has 1 aliphatic heterocycles. The third kappa shape index (κ3) is 6.41. The molecule has 0 radical (unpaired) electrons. The van der Waals surface area contributed by atoms with Gasteiger partial charge in [-0.2, -0.15) is 0 Å². The fraction of sp³-hybridized carbons (Fsp3) is 0.609. The Morgan fingerprint density at radius 1 is 1.16 bits per heavy atom. The molecule has 32 heavy (non-hydrogen) atoms. The van der Waals surface area contributed by atoms with Gasteiger partial charge in [-0.3, -0.25) is 19.7 Å². The summed E-state index contributed by atoms with van der Waals surface area (Å²) in [6, 6.07) is 3.03. The quantitative estimate of drug-likeness (QED) is 0.429. The second kappa shape index (κ2) is 11.3. The first-order valence-corrected chi connectivity index (χ1v) is 11.4. The maximum atomic E-state index is 14.0. The van der Waals surface area contributed by atoms with Crippen molar-refractivity contribution < 1.29 is 23.9 Å². The summed E-state index contributed by atoms with van der Waals surface area (Å²) in [6.07, 6.45) is 7.31. The monoisotopic (exact) mass is 448 g/mol. The molecular formula is C23H33FN4O4. The van der Waals surface area contributed by atoms with Gasteiger partial charge in [0.1, 0.15) is 11.9 Å². The standard InChI is InChI=1S/C23H33FN4O4/c24-18-12-17(25)9-8-16(18)13-27-22(31)20-7-4-10-28(20)23(32)19(26-14-21(29)30)11-15-5-2-1-3-6-15/h8-9,12,15,19-20,26H,1-7,10-11,13-14,25H2,(H,27,31)(H,29,30)/t19-,20+/m1/s1. The van der Waals surface area contributed by atoms with E-state index in [9.17, 15) is 18.8 Å². The first-order chi connectivity index (χ1) is 15.3. The van der Waals surface area contributed by atoms with Gasteiger partial charge in [-0.05, 0) is 37.3 Å². The molecule has 1 saturated carbocycles. The number of hydrogen-bond donors (Lipinski definition) is 4. The molecule has 5 N–H and O–H groups in total. The Bertz CT molecular complexity index is 828. The number of carbonyl (C=O) groups excluding carboxylic acids is 2. The number of aliphatic carboxylic acids is 1. The van der Waals surface area contributed by atoms with E-state index in [4.69, 9.17) is 10.8 Å². The molecule has 8 nitrogen and oxygen atoms in total. The van der Waals surface area contributed by atoms with Crippen LogP contribution < -0.4 is 16.4 Å². The van der Waals surface area contributed by atoms with Crippen molar-refractivity contribution in [1.29, 1.82) is 0 Å². The molecule has 176 valence electrons. The number of carboxylic acids is 1. The molecule has 1 aliphatic carbocycles. The van der Waals surface area contributed by atoms with E-state index in [-0.39, 0.29) is 24.9 Å². The number of rotatable bonds is 9. The Balaban J connectivity index is 1.63. The summed E-state index contributed by atoms with van der Waals surface area (Å²) < 4.78 is 14.0. The Hall–Kier alpha value is -2.68. The number of nitrogens with two attached hydrogens (primary N) is 1. The molecule has 3 rings (SSSR count). The third-order valence-electron chi connectivity index (χ3n) is 6.46. The van der Waals surface area contributed by atoms with E-state index < -0.39 is 23.9 Å². The molecule has 9 heteroatoms. The van der Waals surface area contributed by atoms with Crippen LogP contribution >= 0.6 is 0 Å². The predicted octanol–water partition coefficient (Wildman–Crippen LogP) is 2.03. The Morgan fingerprint density at radius 2 is 1.91 bits per heavy atom. The average molecular weight is 449 g/mol. The molecule has 1 aromatic rings. The maximum Gasteiger partial charge on any atom is 0.317 e. The number of carboxylic acid groups (broad SMARTS) is 1. The largest absolute Gasteiger partial charge is 0.480 e. The second-order valence-corrected chi connectivity index (χ2v) is 8.83. The van der Waals surface area contributed by atoms with E-state index in [1.165, 1.54) is 18.6 Å². The molecule has 0 spiro atoms. The molecule has 2 fully saturated rings. The lowest BCUT2D eigenvalue weighted by Gasteiger charge is -2.31. The Labute approximate surface area is 187 Å². The van der Waals surface area contributed by atoms with Crippen LogP contribution in [0.2, 0.25) is 0 Å². The van der Waals surface area contributed by atoms with Gasteiger partial charge in [0.25, 0.3) is 0 Å². The lowest BCUT2D eigenvalue weighted by molar-refractivity contribution is -0.141. The van der Waals surface area contributed by atoms with Crippen molar-refractivity contribution in [2.45, 2.75) is 70.0 Å². The van der Waals surface area contributed by atoms with Gasteiger partial charge in [0.2, 0.25) is 11.8 Å². The number of amides is 2. The molecule has 0 bridgehead atoms. The van der Waals surface area contributed by atoms with Crippen LogP contribution in [0.1, 0.15) is 56.9 Å². The minimum atomic E-state index is -1.02. The summed E-state index contributed by atoms with van der Waals surface area (Å²) in [6.45, 7) is 0.152. The van der Waals surface area contributed by atoms with Crippen molar-refractivity contribution in [2.75, 3.05) is 18.8 Å². The fourth-order valence-electron chi connectivity index (χ4n) is 4.75. The first-order valence-electron chi connectivity index (χ1n) is 11.4. The van der Waals surface area contributed by atoms with Crippen LogP contribution in [0, 0.1) is 11.7 Å². The number of nitrogen functional groups attached to an aromatic ring is 1. The number of carbonyl (C=O) groups is 3. The molecule has 2 amide bonds. The van der Waals surface area contributed by atoms with Gasteiger partial charge in [0, 0.05) is 24.3 Å². The molecule has 2 atom stereocenters. The average Bonchev–Trinajstić information content (AvgIpc) is 3.26. The molecule has 0 unspecified atom stereocenters. The van der Waals surface area contributed by atoms with Gasteiger partial charge in [-0.25, -0.2) is 4.39 Å². The van der Waals surface area contributed by atoms with Crippen molar-refractivity contribution >= 4 is 23.5 Å². The molecular weight excluding hydrogens is 415 g/mol. The number of hydrogen-bond acceptors (Lipinski definition) is 5. The third-order valence-corrected chi connectivity index (χ3v) is 6.46. The number of benzene rings is 1. The Morgan fingerprint density at radius 3 is 2.59 bits per heavy atom. The van der Waals surface area contributed by atoms with Crippen molar-refractivity contribution in [1.82, 2.24) is 15.5 Å². The van der Waals surface area contributed by atoms with Gasteiger partial charge >= 0.3 is 5.97 Å². The number of anilines is 1. The zero-order valence-corrected chi connectivity index (χ0v) is 18.3. The van der Waals surface area contributed by atoms with E-state index in [0.29, 0.717) is 43.0 Å². The molecule has 0 aromatic heterocycles. The normalized spacial score (nSPS) is 20.2. The van der Waals surface area contributed by atoms with Gasteiger partial charge < -0.3 is 21.1 Å². The summed E-state index contributed by atoms with van der Waals surface area (Å²) in [4.78, 5) is 38.8. The topological polar surface area (TPSA) is 125 Å². The van der Waals surface area contributed by atoms with E-state index in [2.05, 4.69) is 10.6 Å². The lowest BCUT2D eigenvalue weighted by atomic mass is 9.84. The van der Waals surface area contributed by atoms with Crippen LogP contribution in [0.15, 0.2) is 18.2 Å². The number of nitrogens with zero attached hydrogens (tertiary/aromatic N) is 1. The lowest BCUT2D eigenvalue weighted by Crippen LogP contribution is -2.53. The maximum absolute atomic E-state index is 14.0. The molecule has 1 aromatic carbocycles. The molecule has 1 saturated heterocycles. The van der Waals surface area contributed by atoms with Crippen molar-refractivity contribution in [3.8, 4) is 0 Å². The minimum absolute atomic E-state index is 0.00619. The van der Waals surface area contributed by atoms with Gasteiger partial charge in [-0.15, -0.1) is 0 Å². The van der Waals surface area contributed by atoms with Crippen LogP contribution in [0.3, 0.4) is 0 Å². The van der Waals surface area contributed by atoms with E-state index >= 15 is 0 Å². The Kier molecular flexibility index (Phi) is 8.44.